The fourth-order valence-electron chi connectivity index (χ4n) is 4.66. The van der Waals surface area contributed by atoms with Crippen LogP contribution in [0.1, 0.15) is 47.0 Å². The number of rotatable bonds is 11. The van der Waals surface area contributed by atoms with Gasteiger partial charge in [-0.2, -0.15) is 0 Å². The molecule has 0 fully saturated rings. The van der Waals surface area contributed by atoms with Gasteiger partial charge in [0.2, 0.25) is 0 Å². The lowest BCUT2D eigenvalue weighted by Gasteiger charge is -2.37. The van der Waals surface area contributed by atoms with Crippen molar-refractivity contribution in [1.82, 2.24) is 0 Å². The predicted octanol–water partition coefficient (Wildman–Crippen LogP) is 7.15. The first-order valence-corrected chi connectivity index (χ1v) is 18.4. The Morgan fingerprint density at radius 1 is 0.816 bits per heavy atom. The maximum absolute atomic E-state index is 13.7. The predicted molar refractivity (Wildman–Crippen MR) is 168 cm³/mol. The van der Waals surface area contributed by atoms with Crippen molar-refractivity contribution in [3.63, 3.8) is 0 Å². The normalized spacial score (nSPS) is 13.1. The molecular formula is C33H45O3PSi. The van der Waals surface area contributed by atoms with Gasteiger partial charge in [0.05, 0.1) is 7.11 Å². The van der Waals surface area contributed by atoms with Crippen molar-refractivity contribution in [3.05, 3.63) is 91.0 Å². The molecule has 0 amide bonds. The molecule has 3 rings (SSSR count). The van der Waals surface area contributed by atoms with Crippen molar-refractivity contribution in [2.45, 2.75) is 65.1 Å². The number of carbonyl (C=O) groups is 1. The molecule has 0 radical (unpaired) electrons. The first-order chi connectivity index (χ1) is 18.0. The van der Waals surface area contributed by atoms with E-state index in [1.54, 1.807) is 0 Å². The zero-order valence-electron chi connectivity index (χ0n) is 24.2. The summed E-state index contributed by atoms with van der Waals surface area (Å²) in [4.78, 5) is 13.7. The molecule has 3 aromatic carbocycles. The van der Waals surface area contributed by atoms with Crippen LogP contribution in [0.5, 0.6) is 0 Å². The highest BCUT2D eigenvalue weighted by Gasteiger charge is 2.37. The number of ether oxygens (including phenoxy) is 1. The van der Waals surface area contributed by atoms with Gasteiger partial charge in [-0.15, -0.1) is 0 Å². The van der Waals surface area contributed by atoms with Crippen molar-refractivity contribution < 1.29 is 14.0 Å². The maximum Gasteiger partial charge on any atom is 0.334 e. The minimum atomic E-state index is -2.44. The van der Waals surface area contributed by atoms with Gasteiger partial charge in [0, 0.05) is 11.9 Å². The molecule has 0 heterocycles. The number of carbonyl (C=O) groups excluding carboxylic acids is 1. The maximum atomic E-state index is 13.7. The van der Waals surface area contributed by atoms with Gasteiger partial charge in [0.25, 0.3) is 0 Å². The van der Waals surface area contributed by atoms with E-state index in [4.69, 9.17) is 9.16 Å². The third kappa shape index (κ3) is 6.78. The fraction of sp³-hybridized carbons (Fsp3) is 0.394. The Kier molecular flexibility index (Phi) is 10.4. The fourth-order valence-corrected chi connectivity index (χ4v) is 10.3. The highest BCUT2D eigenvalue weighted by atomic mass is 31.2. The molecule has 0 unspecified atom stereocenters. The van der Waals surface area contributed by atoms with E-state index in [9.17, 15) is 4.79 Å². The molecule has 0 aliphatic heterocycles. The summed E-state index contributed by atoms with van der Waals surface area (Å²) in [6.07, 6.45) is 2.58. The van der Waals surface area contributed by atoms with Gasteiger partial charge in [0.15, 0.2) is 8.32 Å². The Bertz CT molecular complexity index is 1110. The van der Waals surface area contributed by atoms with E-state index in [1.807, 2.05) is 18.2 Å². The molecule has 1 atom stereocenters. The second-order valence-corrected chi connectivity index (χ2v) is 19.9. The SMILES string of the molecule is COC(=O)C(CCC[C@H](C)CO[Si](C)(C)C(C)(C)C)=P(c1ccccc1)(c1ccccc1)c1ccccc1. The molecule has 0 aliphatic carbocycles. The highest BCUT2D eigenvalue weighted by Crippen LogP contribution is 2.47. The zero-order chi connectivity index (χ0) is 27.8. The monoisotopic (exact) mass is 548 g/mol. The Hall–Kier alpha value is -2.39. The molecular weight excluding hydrogens is 503 g/mol. The smallest absolute Gasteiger partial charge is 0.334 e. The third-order valence-electron chi connectivity index (χ3n) is 7.90. The van der Waals surface area contributed by atoms with Gasteiger partial charge < -0.3 is 9.16 Å². The zero-order valence-corrected chi connectivity index (χ0v) is 26.1. The van der Waals surface area contributed by atoms with Crippen LogP contribution in [0, 0.1) is 5.92 Å². The van der Waals surface area contributed by atoms with Crippen LogP contribution >= 0.6 is 6.89 Å². The Morgan fingerprint density at radius 2 is 1.24 bits per heavy atom. The van der Waals surface area contributed by atoms with Crippen LogP contribution in [0.15, 0.2) is 91.0 Å². The number of benzene rings is 3. The van der Waals surface area contributed by atoms with Gasteiger partial charge in [-0.05, 0) is 66.1 Å². The van der Waals surface area contributed by atoms with Crippen molar-refractivity contribution in [2.75, 3.05) is 13.7 Å². The first-order valence-electron chi connectivity index (χ1n) is 13.7. The lowest BCUT2D eigenvalue weighted by Crippen LogP contribution is -2.41. The molecule has 0 saturated carbocycles. The van der Waals surface area contributed by atoms with E-state index in [-0.39, 0.29) is 11.0 Å². The van der Waals surface area contributed by atoms with E-state index in [1.165, 1.54) is 23.0 Å². The van der Waals surface area contributed by atoms with Crippen molar-refractivity contribution in [1.29, 1.82) is 0 Å². The van der Waals surface area contributed by atoms with Crippen LogP contribution in [-0.2, 0) is 14.0 Å². The van der Waals surface area contributed by atoms with Gasteiger partial charge in [-0.1, -0.05) is 119 Å². The average Bonchev–Trinajstić information content (AvgIpc) is 2.92. The van der Waals surface area contributed by atoms with E-state index < -0.39 is 15.2 Å². The van der Waals surface area contributed by atoms with Crippen molar-refractivity contribution in [3.8, 4) is 0 Å². The number of hydrogen-bond donors (Lipinski definition) is 0. The molecule has 204 valence electrons. The lowest BCUT2D eigenvalue weighted by atomic mass is 10.0. The summed E-state index contributed by atoms with van der Waals surface area (Å²) in [6.45, 7) is 12.0. The second-order valence-electron chi connectivity index (χ2n) is 11.7. The van der Waals surface area contributed by atoms with Crippen LogP contribution in [0.4, 0.5) is 0 Å². The standard InChI is InChI=1S/C33H45O3PSi/c1-27(26-36-38(6,7)33(2,3)4)18-17-25-31(32(34)35-5)37(28-19-11-8-12-20-28,29-21-13-9-14-22-29)30-23-15-10-16-24-30/h8-16,19-24,27H,17-18,25-26H2,1-7H3/t27-/m0/s1. The van der Waals surface area contributed by atoms with Gasteiger partial charge in [-0.3, -0.25) is 0 Å². The summed E-state index contributed by atoms with van der Waals surface area (Å²) in [5.41, 5.74) is 0. The summed E-state index contributed by atoms with van der Waals surface area (Å²) in [7, 11) is -0.281. The number of hydrogen-bond acceptors (Lipinski definition) is 3. The van der Waals surface area contributed by atoms with Gasteiger partial charge >= 0.3 is 5.97 Å². The van der Waals surface area contributed by atoms with E-state index >= 15 is 0 Å². The van der Waals surface area contributed by atoms with Crippen molar-refractivity contribution >= 4 is 42.4 Å². The number of methoxy groups -OCH3 is 1. The Morgan fingerprint density at radius 3 is 1.61 bits per heavy atom. The quantitative estimate of drug-likeness (QED) is 0.145. The third-order valence-corrected chi connectivity index (χ3v) is 16.8. The Labute approximate surface area is 231 Å². The number of esters is 1. The van der Waals surface area contributed by atoms with E-state index in [0.29, 0.717) is 12.3 Å². The average molecular weight is 549 g/mol. The summed E-state index contributed by atoms with van der Waals surface area (Å²) in [5.74, 6) is 0.209. The molecule has 3 aromatic rings. The van der Waals surface area contributed by atoms with Crippen LogP contribution in [-0.4, -0.2) is 33.3 Å². The van der Waals surface area contributed by atoms with Crippen LogP contribution in [0.3, 0.4) is 0 Å². The van der Waals surface area contributed by atoms with Gasteiger partial charge in [-0.25, -0.2) is 4.79 Å². The second kappa shape index (κ2) is 13.1. The van der Waals surface area contributed by atoms with Gasteiger partial charge in [0.1, 0.15) is 0 Å². The summed E-state index contributed by atoms with van der Waals surface area (Å²) >= 11 is 0. The van der Waals surface area contributed by atoms with Crippen LogP contribution in [0.2, 0.25) is 18.1 Å². The minimum Gasteiger partial charge on any atom is -0.466 e. The molecule has 5 heteroatoms. The molecule has 0 aromatic heterocycles. The van der Waals surface area contributed by atoms with E-state index in [0.717, 1.165) is 24.7 Å². The summed E-state index contributed by atoms with van der Waals surface area (Å²) < 4.78 is 12.0. The van der Waals surface area contributed by atoms with E-state index in [2.05, 4.69) is 114 Å². The lowest BCUT2D eigenvalue weighted by molar-refractivity contribution is -0.132. The summed E-state index contributed by atoms with van der Waals surface area (Å²) in [6, 6.07) is 31.6. The molecule has 0 bridgehead atoms. The minimum absolute atomic E-state index is 0.198. The topological polar surface area (TPSA) is 35.5 Å². The van der Waals surface area contributed by atoms with Crippen LogP contribution in [0.25, 0.3) is 0 Å². The molecule has 0 saturated heterocycles. The molecule has 38 heavy (non-hydrogen) atoms. The Balaban J connectivity index is 2.08. The molecule has 0 N–H and O–H groups in total. The molecule has 0 spiro atoms. The summed E-state index contributed by atoms with van der Waals surface area (Å²) in [5, 5.41) is 4.59. The van der Waals surface area contributed by atoms with Crippen LogP contribution < -0.4 is 15.9 Å². The molecule has 0 aliphatic rings. The largest absolute Gasteiger partial charge is 0.466 e. The highest BCUT2D eigenvalue weighted by molar-refractivity contribution is 7.96. The first kappa shape index (κ1) is 30.2. The molecule has 3 nitrogen and oxygen atoms in total. The van der Waals surface area contributed by atoms with Crippen molar-refractivity contribution in [2.24, 2.45) is 5.92 Å².